The van der Waals surface area contributed by atoms with Crippen LogP contribution in [0.4, 0.5) is 10.1 Å². The van der Waals surface area contributed by atoms with E-state index >= 15 is 0 Å². The van der Waals surface area contributed by atoms with Gasteiger partial charge in [0.05, 0.1) is 0 Å². The Labute approximate surface area is 124 Å². The highest BCUT2D eigenvalue weighted by Gasteiger charge is 2.13. The molecular formula is C16H10FN3O2. The van der Waals surface area contributed by atoms with Gasteiger partial charge in [-0.3, -0.25) is 0 Å². The third-order valence-corrected chi connectivity index (χ3v) is 3.39. The molecule has 3 rings (SSSR count). The number of azide groups is 1. The molecule has 0 fully saturated rings. The Morgan fingerprint density at radius 2 is 2.05 bits per heavy atom. The highest BCUT2D eigenvalue weighted by Crippen LogP contribution is 2.32. The van der Waals surface area contributed by atoms with Crippen LogP contribution >= 0.6 is 0 Å². The Hall–Kier alpha value is -3.11. The van der Waals surface area contributed by atoms with E-state index in [9.17, 15) is 9.18 Å². The number of halogens is 1. The number of hydrogen-bond acceptors (Lipinski definition) is 3. The van der Waals surface area contributed by atoms with E-state index in [0.717, 1.165) is 0 Å². The van der Waals surface area contributed by atoms with E-state index in [2.05, 4.69) is 10.0 Å². The van der Waals surface area contributed by atoms with Crippen LogP contribution in [0.5, 0.6) is 0 Å². The van der Waals surface area contributed by atoms with Crippen molar-refractivity contribution in [2.45, 2.75) is 6.92 Å². The number of rotatable bonds is 2. The molecule has 0 bridgehead atoms. The monoisotopic (exact) mass is 295 g/mol. The summed E-state index contributed by atoms with van der Waals surface area (Å²) >= 11 is 0. The van der Waals surface area contributed by atoms with Gasteiger partial charge in [0.2, 0.25) is 0 Å². The summed E-state index contributed by atoms with van der Waals surface area (Å²) in [6.45, 7) is 1.63. The van der Waals surface area contributed by atoms with Gasteiger partial charge in [-0.2, -0.15) is 0 Å². The lowest BCUT2D eigenvalue weighted by Gasteiger charge is -2.09. The first kappa shape index (κ1) is 13.9. The third-order valence-electron chi connectivity index (χ3n) is 3.39. The lowest BCUT2D eigenvalue weighted by molar-refractivity contribution is 0.556. The van der Waals surface area contributed by atoms with Crippen LogP contribution in [0.1, 0.15) is 5.56 Å². The molecule has 22 heavy (non-hydrogen) atoms. The second-order valence-corrected chi connectivity index (χ2v) is 4.77. The van der Waals surface area contributed by atoms with Crippen molar-refractivity contribution in [3.05, 3.63) is 74.7 Å². The lowest BCUT2D eigenvalue weighted by Crippen LogP contribution is -2.05. The zero-order valence-electron chi connectivity index (χ0n) is 11.6. The summed E-state index contributed by atoms with van der Waals surface area (Å²) in [5.74, 6) is -0.385. The fraction of sp³-hybridized carbons (Fsp3) is 0.0625. The molecule has 0 amide bonds. The van der Waals surface area contributed by atoms with Crippen molar-refractivity contribution in [1.82, 2.24) is 0 Å². The van der Waals surface area contributed by atoms with Crippen molar-refractivity contribution in [2.24, 2.45) is 5.11 Å². The lowest BCUT2D eigenvalue weighted by atomic mass is 9.97. The maximum atomic E-state index is 13.5. The van der Waals surface area contributed by atoms with Gasteiger partial charge in [-0.15, -0.1) is 0 Å². The van der Waals surface area contributed by atoms with Crippen LogP contribution in [0.25, 0.3) is 32.5 Å². The highest BCUT2D eigenvalue weighted by molar-refractivity contribution is 5.95. The first-order chi connectivity index (χ1) is 10.6. The van der Waals surface area contributed by atoms with E-state index < -0.39 is 5.63 Å². The molecule has 0 saturated carbocycles. The zero-order chi connectivity index (χ0) is 15.7. The van der Waals surface area contributed by atoms with Crippen LogP contribution in [0.3, 0.4) is 0 Å². The predicted molar refractivity (Wildman–Crippen MR) is 81.4 cm³/mol. The molecule has 0 N–H and O–H groups in total. The van der Waals surface area contributed by atoms with Crippen LogP contribution in [0.15, 0.2) is 56.8 Å². The minimum atomic E-state index is -0.509. The van der Waals surface area contributed by atoms with Gasteiger partial charge in [0.1, 0.15) is 11.4 Å². The molecule has 3 aromatic rings. The topological polar surface area (TPSA) is 79.0 Å². The van der Waals surface area contributed by atoms with Crippen LogP contribution in [-0.4, -0.2) is 0 Å². The van der Waals surface area contributed by atoms with Gasteiger partial charge in [0, 0.05) is 27.1 Å². The first-order valence-corrected chi connectivity index (χ1v) is 6.48. The Kier molecular flexibility index (Phi) is 3.37. The highest BCUT2D eigenvalue weighted by atomic mass is 19.1. The molecule has 1 aromatic heterocycles. The largest absolute Gasteiger partial charge is 0.422 e. The Morgan fingerprint density at radius 3 is 2.77 bits per heavy atom. The Morgan fingerprint density at radius 1 is 1.23 bits per heavy atom. The average Bonchev–Trinajstić information content (AvgIpc) is 2.49. The van der Waals surface area contributed by atoms with Crippen molar-refractivity contribution >= 4 is 16.7 Å². The number of nitrogens with zero attached hydrogens (tertiary/aromatic N) is 3. The molecule has 0 atom stereocenters. The summed E-state index contributed by atoms with van der Waals surface area (Å²) < 4.78 is 18.7. The molecule has 0 saturated heterocycles. The standard InChI is InChI=1S/C16H10FN3O2/c1-9-15(10-3-2-4-11(17)7-10)13-6-5-12(19-20-18)8-14(13)22-16(9)21/h2-8H,1H3. The minimum absolute atomic E-state index is 0.291. The van der Waals surface area contributed by atoms with Crippen molar-refractivity contribution in [2.75, 3.05) is 0 Å². The fourth-order valence-electron chi connectivity index (χ4n) is 2.41. The second-order valence-electron chi connectivity index (χ2n) is 4.77. The van der Waals surface area contributed by atoms with E-state index in [1.54, 1.807) is 31.2 Å². The molecule has 108 valence electrons. The van der Waals surface area contributed by atoms with E-state index in [1.165, 1.54) is 18.2 Å². The average molecular weight is 295 g/mol. The summed E-state index contributed by atoms with van der Waals surface area (Å²) in [5, 5.41) is 4.14. The van der Waals surface area contributed by atoms with E-state index in [-0.39, 0.29) is 5.82 Å². The smallest absolute Gasteiger partial charge is 0.339 e. The van der Waals surface area contributed by atoms with Crippen LogP contribution in [-0.2, 0) is 0 Å². The first-order valence-electron chi connectivity index (χ1n) is 6.48. The molecule has 6 heteroatoms. The van der Waals surface area contributed by atoms with Crippen LogP contribution in [0.2, 0.25) is 0 Å². The van der Waals surface area contributed by atoms with E-state index in [1.807, 2.05) is 0 Å². The van der Waals surface area contributed by atoms with Gasteiger partial charge in [-0.05, 0) is 36.2 Å². The van der Waals surface area contributed by atoms with Crippen LogP contribution < -0.4 is 5.63 Å². The quantitative estimate of drug-likeness (QED) is 0.293. The maximum Gasteiger partial charge on any atom is 0.339 e. The molecule has 2 aromatic carbocycles. The summed E-state index contributed by atoms with van der Waals surface area (Å²) in [6, 6.07) is 10.8. The summed E-state index contributed by atoms with van der Waals surface area (Å²) in [6.07, 6.45) is 0. The van der Waals surface area contributed by atoms with Gasteiger partial charge in [0.25, 0.3) is 0 Å². The molecular weight excluding hydrogens is 285 g/mol. The normalized spacial score (nSPS) is 10.5. The Bertz CT molecular complexity index is 988. The minimum Gasteiger partial charge on any atom is -0.422 e. The van der Waals surface area contributed by atoms with Crippen molar-refractivity contribution in [3.63, 3.8) is 0 Å². The van der Waals surface area contributed by atoms with Gasteiger partial charge in [-0.25, -0.2) is 9.18 Å². The van der Waals surface area contributed by atoms with Crippen molar-refractivity contribution < 1.29 is 8.81 Å². The molecule has 1 heterocycles. The summed E-state index contributed by atoms with van der Waals surface area (Å²) in [4.78, 5) is 14.7. The van der Waals surface area contributed by atoms with Crippen molar-refractivity contribution in [3.8, 4) is 11.1 Å². The van der Waals surface area contributed by atoms with E-state index in [0.29, 0.717) is 33.3 Å². The van der Waals surface area contributed by atoms with E-state index in [4.69, 9.17) is 9.95 Å². The van der Waals surface area contributed by atoms with Gasteiger partial charge in [0.15, 0.2) is 0 Å². The number of hydrogen-bond donors (Lipinski definition) is 0. The molecule has 0 aliphatic rings. The molecule has 0 aliphatic heterocycles. The van der Waals surface area contributed by atoms with Gasteiger partial charge >= 0.3 is 5.63 Å². The third kappa shape index (κ3) is 2.32. The number of fused-ring (bicyclic) bond motifs is 1. The van der Waals surface area contributed by atoms with Gasteiger partial charge in [-0.1, -0.05) is 29.4 Å². The van der Waals surface area contributed by atoms with Gasteiger partial charge < -0.3 is 4.42 Å². The number of benzene rings is 2. The maximum absolute atomic E-state index is 13.5. The molecule has 0 spiro atoms. The van der Waals surface area contributed by atoms with Crippen LogP contribution in [0, 0.1) is 12.7 Å². The Balaban J connectivity index is 2.40. The summed E-state index contributed by atoms with van der Waals surface area (Å²) in [5.41, 5.74) is 10.2. The molecule has 0 aliphatic carbocycles. The summed E-state index contributed by atoms with van der Waals surface area (Å²) in [7, 11) is 0. The zero-order valence-corrected chi connectivity index (χ0v) is 11.6. The fourth-order valence-corrected chi connectivity index (χ4v) is 2.41. The van der Waals surface area contributed by atoms with Crippen molar-refractivity contribution in [1.29, 1.82) is 0 Å². The molecule has 5 nitrogen and oxygen atoms in total. The molecule has 0 radical (unpaired) electrons. The second kappa shape index (κ2) is 5.35. The predicted octanol–water partition coefficient (Wildman–Crippen LogP) is 4.85. The molecule has 0 unspecified atom stereocenters. The SMILES string of the molecule is Cc1c(-c2cccc(F)c2)c2ccc(N=[N+]=[N-])cc2oc1=O.